The number of benzene rings is 2. The molecule has 2 aromatic carbocycles. The van der Waals surface area contributed by atoms with E-state index in [4.69, 9.17) is 9.26 Å². The van der Waals surface area contributed by atoms with Gasteiger partial charge < -0.3 is 9.26 Å². The quantitative estimate of drug-likeness (QED) is 0.255. The summed E-state index contributed by atoms with van der Waals surface area (Å²) in [6, 6.07) is 19.8. The van der Waals surface area contributed by atoms with Gasteiger partial charge in [0.2, 0.25) is 11.7 Å². The van der Waals surface area contributed by atoms with Crippen LogP contribution in [0.1, 0.15) is 31.2 Å². The van der Waals surface area contributed by atoms with Crippen LogP contribution in [0.15, 0.2) is 82.7 Å². The highest BCUT2D eigenvalue weighted by Crippen LogP contribution is 2.30. The molecule has 0 aliphatic heterocycles. The van der Waals surface area contributed by atoms with E-state index in [-0.39, 0.29) is 0 Å². The first-order chi connectivity index (χ1) is 17.1. The maximum Gasteiger partial charge on any atom is 0.237 e. The molecule has 9 heteroatoms. The third-order valence-corrected chi connectivity index (χ3v) is 6.44. The Morgan fingerprint density at radius 2 is 1.66 bits per heavy atom. The highest BCUT2D eigenvalue weighted by Gasteiger charge is 2.18. The van der Waals surface area contributed by atoms with E-state index in [1.54, 1.807) is 19.5 Å². The third kappa shape index (κ3) is 4.95. The predicted octanol–water partition coefficient (Wildman–Crippen LogP) is 5.80. The van der Waals surface area contributed by atoms with Crippen LogP contribution in [0.2, 0.25) is 0 Å². The van der Waals surface area contributed by atoms with Crippen molar-refractivity contribution < 1.29 is 9.26 Å². The standard InChI is InChI=1S/C26H24N6O2S/c1-17(2)18-4-6-19(7-5-18)24-28-23(34-31-24)16-35-26-30-29-25(20-12-14-27-15-13-20)32(26)21-8-10-22(33-3)11-9-21/h4-15,17H,16H2,1-3H3. The van der Waals surface area contributed by atoms with Gasteiger partial charge in [-0.1, -0.05) is 55.0 Å². The lowest BCUT2D eigenvalue weighted by Crippen LogP contribution is -2.00. The molecule has 5 rings (SSSR count). The molecule has 3 heterocycles. The molecule has 0 bridgehead atoms. The number of ether oxygens (including phenoxy) is 1. The number of rotatable bonds is 8. The van der Waals surface area contributed by atoms with Gasteiger partial charge in [-0.3, -0.25) is 9.55 Å². The van der Waals surface area contributed by atoms with Crippen LogP contribution in [-0.2, 0) is 5.75 Å². The molecule has 0 atom stereocenters. The van der Waals surface area contributed by atoms with Gasteiger partial charge in [-0.15, -0.1) is 10.2 Å². The molecule has 0 aliphatic rings. The molecule has 0 aliphatic carbocycles. The second kappa shape index (κ2) is 10.1. The molecule has 3 aromatic heterocycles. The molecule has 0 unspecified atom stereocenters. The van der Waals surface area contributed by atoms with Crippen LogP contribution < -0.4 is 4.74 Å². The summed E-state index contributed by atoms with van der Waals surface area (Å²) in [6.07, 6.45) is 3.48. The molecule has 0 spiro atoms. The number of hydrogen-bond acceptors (Lipinski definition) is 8. The van der Waals surface area contributed by atoms with Gasteiger partial charge in [0.15, 0.2) is 11.0 Å². The van der Waals surface area contributed by atoms with Crippen LogP contribution in [-0.4, -0.2) is 37.0 Å². The summed E-state index contributed by atoms with van der Waals surface area (Å²) in [6.45, 7) is 4.34. The van der Waals surface area contributed by atoms with Crippen molar-refractivity contribution in [2.45, 2.75) is 30.7 Å². The number of methoxy groups -OCH3 is 1. The lowest BCUT2D eigenvalue weighted by molar-refractivity contribution is 0.391. The van der Waals surface area contributed by atoms with Gasteiger partial charge in [-0.2, -0.15) is 4.98 Å². The van der Waals surface area contributed by atoms with Crippen molar-refractivity contribution in [3.63, 3.8) is 0 Å². The van der Waals surface area contributed by atoms with Gasteiger partial charge in [-0.05, 0) is 47.9 Å². The fourth-order valence-corrected chi connectivity index (χ4v) is 4.38. The predicted molar refractivity (Wildman–Crippen MR) is 135 cm³/mol. The second-order valence-electron chi connectivity index (χ2n) is 8.15. The molecule has 0 saturated heterocycles. The first-order valence-corrected chi connectivity index (χ1v) is 12.2. The Bertz CT molecular complexity index is 1400. The minimum atomic E-state index is 0.460. The second-order valence-corrected chi connectivity index (χ2v) is 9.10. The average molecular weight is 485 g/mol. The van der Waals surface area contributed by atoms with E-state index >= 15 is 0 Å². The molecular formula is C26H24N6O2S. The average Bonchev–Trinajstić information content (AvgIpc) is 3.55. The van der Waals surface area contributed by atoms with Crippen LogP contribution in [0.5, 0.6) is 5.75 Å². The highest BCUT2D eigenvalue weighted by atomic mass is 32.2. The molecule has 176 valence electrons. The highest BCUT2D eigenvalue weighted by molar-refractivity contribution is 7.98. The lowest BCUT2D eigenvalue weighted by atomic mass is 10.0. The fraction of sp³-hybridized carbons (Fsp3) is 0.192. The normalized spacial score (nSPS) is 11.2. The Labute approximate surface area is 207 Å². The lowest BCUT2D eigenvalue weighted by Gasteiger charge is -2.10. The van der Waals surface area contributed by atoms with Crippen LogP contribution in [0, 0.1) is 0 Å². The summed E-state index contributed by atoms with van der Waals surface area (Å²) in [4.78, 5) is 8.69. The summed E-state index contributed by atoms with van der Waals surface area (Å²) >= 11 is 1.48. The molecule has 0 N–H and O–H groups in total. The number of hydrogen-bond donors (Lipinski definition) is 0. The van der Waals surface area contributed by atoms with Gasteiger partial charge in [-0.25, -0.2) is 0 Å². The van der Waals surface area contributed by atoms with Gasteiger partial charge in [0.1, 0.15) is 5.75 Å². The van der Waals surface area contributed by atoms with E-state index in [9.17, 15) is 0 Å². The monoisotopic (exact) mass is 484 g/mol. The summed E-state index contributed by atoms with van der Waals surface area (Å²) in [5, 5.41) is 13.8. The number of thioether (sulfide) groups is 1. The summed E-state index contributed by atoms with van der Waals surface area (Å²) in [7, 11) is 1.65. The van der Waals surface area contributed by atoms with Gasteiger partial charge >= 0.3 is 0 Å². The third-order valence-electron chi connectivity index (χ3n) is 5.53. The summed E-state index contributed by atoms with van der Waals surface area (Å²) in [5.41, 5.74) is 4.04. The van der Waals surface area contributed by atoms with Crippen LogP contribution in [0.4, 0.5) is 0 Å². The Kier molecular flexibility index (Phi) is 6.58. The maximum absolute atomic E-state index is 5.52. The Balaban J connectivity index is 1.40. The number of aromatic nitrogens is 6. The van der Waals surface area contributed by atoms with Crippen molar-refractivity contribution in [1.29, 1.82) is 0 Å². The fourth-order valence-electron chi connectivity index (χ4n) is 3.59. The van der Waals surface area contributed by atoms with E-state index in [1.807, 2.05) is 53.1 Å². The van der Waals surface area contributed by atoms with Crippen LogP contribution in [0.25, 0.3) is 28.5 Å². The van der Waals surface area contributed by atoms with E-state index in [2.05, 4.69) is 51.3 Å². The van der Waals surface area contributed by atoms with Gasteiger partial charge in [0.25, 0.3) is 0 Å². The molecule has 35 heavy (non-hydrogen) atoms. The minimum absolute atomic E-state index is 0.460. The Hall–Kier alpha value is -3.98. The molecule has 0 saturated carbocycles. The van der Waals surface area contributed by atoms with Crippen LogP contribution >= 0.6 is 11.8 Å². The SMILES string of the molecule is COc1ccc(-n2c(SCc3nc(-c4ccc(C(C)C)cc4)no3)nnc2-c2ccncc2)cc1. The Morgan fingerprint density at radius 3 is 2.34 bits per heavy atom. The molecule has 0 fully saturated rings. The summed E-state index contributed by atoms with van der Waals surface area (Å²) in [5.74, 6) is 3.53. The largest absolute Gasteiger partial charge is 0.497 e. The zero-order valence-electron chi connectivity index (χ0n) is 19.6. The number of nitrogens with zero attached hydrogens (tertiary/aromatic N) is 6. The van der Waals surface area contributed by atoms with Crippen molar-refractivity contribution >= 4 is 11.8 Å². The smallest absolute Gasteiger partial charge is 0.237 e. The van der Waals surface area contributed by atoms with Crippen molar-refractivity contribution in [1.82, 2.24) is 29.9 Å². The van der Waals surface area contributed by atoms with E-state index in [1.165, 1.54) is 17.3 Å². The van der Waals surface area contributed by atoms with Gasteiger partial charge in [0.05, 0.1) is 12.9 Å². The molecule has 5 aromatic rings. The van der Waals surface area contributed by atoms with Crippen molar-refractivity contribution in [3.05, 3.63) is 84.5 Å². The number of pyridine rings is 1. The molecule has 0 amide bonds. The first-order valence-electron chi connectivity index (χ1n) is 11.2. The van der Waals surface area contributed by atoms with E-state index in [0.29, 0.717) is 28.5 Å². The first kappa shape index (κ1) is 22.8. The zero-order chi connectivity index (χ0) is 24.2. The zero-order valence-corrected chi connectivity index (χ0v) is 20.4. The van der Waals surface area contributed by atoms with Crippen molar-refractivity contribution in [2.24, 2.45) is 0 Å². The Morgan fingerprint density at radius 1 is 0.914 bits per heavy atom. The van der Waals surface area contributed by atoms with Gasteiger partial charge in [0, 0.05) is 29.2 Å². The summed E-state index contributed by atoms with van der Waals surface area (Å²) < 4.78 is 12.8. The molecule has 8 nitrogen and oxygen atoms in total. The maximum atomic E-state index is 5.52. The minimum Gasteiger partial charge on any atom is -0.497 e. The van der Waals surface area contributed by atoms with Crippen LogP contribution in [0.3, 0.4) is 0 Å². The van der Waals surface area contributed by atoms with E-state index < -0.39 is 0 Å². The topological polar surface area (TPSA) is 91.8 Å². The molecule has 0 radical (unpaired) electrons. The van der Waals surface area contributed by atoms with E-state index in [0.717, 1.165) is 28.4 Å². The van der Waals surface area contributed by atoms with Crippen molar-refractivity contribution in [3.8, 4) is 34.2 Å². The molecular weight excluding hydrogens is 460 g/mol. The van der Waals surface area contributed by atoms with Crippen molar-refractivity contribution in [2.75, 3.05) is 7.11 Å².